The fourth-order valence-electron chi connectivity index (χ4n) is 1.76. The van der Waals surface area contributed by atoms with E-state index in [2.05, 4.69) is 5.43 Å². The molecule has 0 aliphatic heterocycles. The Bertz CT molecular complexity index is 513. The third kappa shape index (κ3) is 2.46. The normalized spacial score (nSPS) is 10.6. The van der Waals surface area contributed by atoms with E-state index in [1.165, 1.54) is 6.07 Å². The van der Waals surface area contributed by atoms with E-state index in [9.17, 15) is 8.78 Å². The van der Waals surface area contributed by atoms with Crippen molar-refractivity contribution >= 4 is 0 Å². The maximum atomic E-state index is 13.4. The Kier molecular flexibility index (Phi) is 3.13. The lowest BCUT2D eigenvalue weighted by atomic mass is 10.2. The largest absolute Gasteiger partial charge is 0.321 e. The molecule has 4 heteroatoms. The molecule has 0 fully saturated rings. The van der Waals surface area contributed by atoms with Gasteiger partial charge in [0.1, 0.15) is 11.6 Å². The predicted molar refractivity (Wildman–Crippen MR) is 63.3 cm³/mol. The van der Waals surface area contributed by atoms with Gasteiger partial charge in [-0.15, -0.1) is 0 Å². The monoisotopic (exact) mass is 236 g/mol. The number of aryl methyl sites for hydroxylation is 2. The zero-order valence-electron chi connectivity index (χ0n) is 9.80. The van der Waals surface area contributed by atoms with Gasteiger partial charge in [-0.3, -0.25) is 4.68 Å². The van der Waals surface area contributed by atoms with Crippen LogP contribution in [-0.2, 0) is 6.54 Å². The fraction of sp³-hybridized carbons (Fsp3) is 0.231. The highest BCUT2D eigenvalue weighted by atomic mass is 19.1. The van der Waals surface area contributed by atoms with Gasteiger partial charge in [-0.25, -0.2) is 8.78 Å². The van der Waals surface area contributed by atoms with Crippen molar-refractivity contribution in [1.29, 1.82) is 0 Å². The molecular weight excluding hydrogens is 222 g/mol. The van der Waals surface area contributed by atoms with Crippen molar-refractivity contribution in [3.63, 3.8) is 0 Å². The highest BCUT2D eigenvalue weighted by Crippen LogP contribution is 2.11. The molecule has 1 aromatic heterocycles. The topological polar surface area (TPSA) is 17.0 Å². The summed E-state index contributed by atoms with van der Waals surface area (Å²) in [6.45, 7) is 4.14. The Morgan fingerprint density at radius 3 is 2.35 bits per heavy atom. The molecule has 0 atom stereocenters. The number of aromatic nitrogens is 1. The van der Waals surface area contributed by atoms with Crippen molar-refractivity contribution in [3.05, 3.63) is 58.9 Å². The van der Waals surface area contributed by atoms with E-state index < -0.39 is 11.6 Å². The second-order valence-electron chi connectivity index (χ2n) is 4.02. The average molecular weight is 236 g/mol. The second-order valence-corrected chi connectivity index (χ2v) is 4.02. The van der Waals surface area contributed by atoms with Crippen LogP contribution in [0.1, 0.15) is 17.0 Å². The average Bonchev–Trinajstić information content (AvgIpc) is 2.61. The number of nitrogens with one attached hydrogen (secondary N) is 1. The van der Waals surface area contributed by atoms with Crippen LogP contribution in [-0.4, -0.2) is 4.68 Å². The number of halogens is 2. The maximum absolute atomic E-state index is 13.4. The third-order valence-electron chi connectivity index (χ3n) is 2.71. The summed E-state index contributed by atoms with van der Waals surface area (Å²) in [4.78, 5) is 0. The van der Waals surface area contributed by atoms with E-state index in [4.69, 9.17) is 0 Å². The minimum absolute atomic E-state index is 0.250. The molecule has 1 N–H and O–H groups in total. The molecule has 1 heterocycles. The van der Waals surface area contributed by atoms with Crippen LogP contribution in [0.2, 0.25) is 0 Å². The highest BCUT2D eigenvalue weighted by molar-refractivity contribution is 5.21. The Morgan fingerprint density at radius 2 is 1.71 bits per heavy atom. The molecule has 0 unspecified atom stereocenters. The summed E-state index contributed by atoms with van der Waals surface area (Å²) in [6.07, 6.45) is 0. The minimum Gasteiger partial charge on any atom is -0.321 e. The predicted octanol–water partition coefficient (Wildman–Crippen LogP) is 3.13. The van der Waals surface area contributed by atoms with E-state index in [1.54, 1.807) is 0 Å². The zero-order valence-corrected chi connectivity index (χ0v) is 9.80. The molecule has 0 radical (unpaired) electrons. The van der Waals surface area contributed by atoms with E-state index in [0.29, 0.717) is 5.56 Å². The first-order valence-electron chi connectivity index (χ1n) is 5.40. The Labute approximate surface area is 98.9 Å². The molecule has 90 valence electrons. The molecule has 0 bridgehead atoms. The van der Waals surface area contributed by atoms with Gasteiger partial charge in [-0.05, 0) is 44.2 Å². The Morgan fingerprint density at radius 1 is 1.06 bits per heavy atom. The smallest absolute Gasteiger partial charge is 0.128 e. The molecule has 2 nitrogen and oxygen atoms in total. The number of hydrogen-bond donors (Lipinski definition) is 1. The summed E-state index contributed by atoms with van der Waals surface area (Å²) < 4.78 is 28.2. The molecule has 0 amide bonds. The summed E-state index contributed by atoms with van der Waals surface area (Å²) in [7, 11) is 0. The van der Waals surface area contributed by atoms with Gasteiger partial charge < -0.3 is 5.43 Å². The van der Waals surface area contributed by atoms with Crippen molar-refractivity contribution < 1.29 is 8.78 Å². The first kappa shape index (κ1) is 11.6. The minimum atomic E-state index is -0.427. The van der Waals surface area contributed by atoms with Crippen molar-refractivity contribution in [2.24, 2.45) is 0 Å². The maximum Gasteiger partial charge on any atom is 0.128 e. The SMILES string of the molecule is Cc1ccc(C)n1NCc1cc(F)ccc1F. The van der Waals surface area contributed by atoms with Gasteiger partial charge in [0.2, 0.25) is 0 Å². The number of nitrogens with zero attached hydrogens (tertiary/aromatic N) is 1. The summed E-state index contributed by atoms with van der Waals surface area (Å²) >= 11 is 0. The van der Waals surface area contributed by atoms with Crippen molar-refractivity contribution in [1.82, 2.24) is 4.68 Å². The van der Waals surface area contributed by atoms with Crippen molar-refractivity contribution in [3.8, 4) is 0 Å². The first-order chi connectivity index (χ1) is 8.08. The van der Waals surface area contributed by atoms with Gasteiger partial charge in [-0.1, -0.05) is 0 Å². The highest BCUT2D eigenvalue weighted by Gasteiger charge is 2.05. The van der Waals surface area contributed by atoms with Crippen molar-refractivity contribution in [2.45, 2.75) is 20.4 Å². The third-order valence-corrected chi connectivity index (χ3v) is 2.71. The summed E-state index contributed by atoms with van der Waals surface area (Å²) in [5.41, 5.74) is 5.43. The zero-order chi connectivity index (χ0) is 12.4. The van der Waals surface area contributed by atoms with Gasteiger partial charge in [0, 0.05) is 17.0 Å². The van der Waals surface area contributed by atoms with Crippen LogP contribution >= 0.6 is 0 Å². The molecular formula is C13H14F2N2. The van der Waals surface area contributed by atoms with Gasteiger partial charge in [0.25, 0.3) is 0 Å². The Hall–Kier alpha value is -1.84. The molecule has 17 heavy (non-hydrogen) atoms. The Balaban J connectivity index is 2.15. The first-order valence-corrected chi connectivity index (χ1v) is 5.40. The van der Waals surface area contributed by atoms with Crippen LogP contribution in [0.15, 0.2) is 30.3 Å². The van der Waals surface area contributed by atoms with Crippen LogP contribution in [0, 0.1) is 25.5 Å². The van der Waals surface area contributed by atoms with Crippen LogP contribution < -0.4 is 5.43 Å². The molecule has 0 saturated heterocycles. The molecule has 2 aromatic rings. The molecule has 0 spiro atoms. The van der Waals surface area contributed by atoms with E-state index in [0.717, 1.165) is 23.5 Å². The number of hydrogen-bond acceptors (Lipinski definition) is 1. The molecule has 1 aromatic carbocycles. The summed E-state index contributed by atoms with van der Waals surface area (Å²) in [6, 6.07) is 7.39. The quantitative estimate of drug-likeness (QED) is 0.866. The molecule has 0 aliphatic carbocycles. The lowest BCUT2D eigenvalue weighted by molar-refractivity contribution is 0.583. The van der Waals surface area contributed by atoms with Gasteiger partial charge in [-0.2, -0.15) is 0 Å². The van der Waals surface area contributed by atoms with Gasteiger partial charge in [0.05, 0.1) is 6.54 Å². The summed E-state index contributed by atoms with van der Waals surface area (Å²) in [5.74, 6) is -0.828. The second kappa shape index (κ2) is 4.57. The van der Waals surface area contributed by atoms with Crippen molar-refractivity contribution in [2.75, 3.05) is 5.43 Å². The lowest BCUT2D eigenvalue weighted by Crippen LogP contribution is -2.17. The van der Waals surface area contributed by atoms with E-state index in [-0.39, 0.29) is 6.54 Å². The van der Waals surface area contributed by atoms with Crippen LogP contribution in [0.3, 0.4) is 0 Å². The molecule has 0 saturated carbocycles. The number of benzene rings is 1. The van der Waals surface area contributed by atoms with Gasteiger partial charge >= 0.3 is 0 Å². The van der Waals surface area contributed by atoms with E-state index in [1.807, 2.05) is 30.7 Å². The van der Waals surface area contributed by atoms with Crippen LogP contribution in [0.4, 0.5) is 8.78 Å². The van der Waals surface area contributed by atoms with E-state index >= 15 is 0 Å². The standard InChI is InChI=1S/C13H14F2N2/c1-9-3-4-10(2)17(9)16-8-11-7-12(14)5-6-13(11)15/h3-7,16H,8H2,1-2H3. The summed E-state index contributed by atoms with van der Waals surface area (Å²) in [5, 5.41) is 0. The molecule has 0 aliphatic rings. The number of rotatable bonds is 3. The fourth-order valence-corrected chi connectivity index (χ4v) is 1.76. The van der Waals surface area contributed by atoms with Crippen LogP contribution in [0.5, 0.6) is 0 Å². The van der Waals surface area contributed by atoms with Crippen LogP contribution in [0.25, 0.3) is 0 Å². The molecule has 2 rings (SSSR count). The lowest BCUT2D eigenvalue weighted by Gasteiger charge is -2.13. The van der Waals surface area contributed by atoms with Gasteiger partial charge in [0.15, 0.2) is 0 Å².